The first kappa shape index (κ1) is 11.1. The molecule has 0 aliphatic heterocycles. The maximum Gasteiger partial charge on any atom is 0.151 e. The first-order valence-corrected chi connectivity index (χ1v) is 5.16. The van der Waals surface area contributed by atoms with Crippen molar-refractivity contribution in [1.82, 2.24) is 0 Å². The Morgan fingerprint density at radius 3 is 2.79 bits per heavy atom. The molecule has 14 heavy (non-hydrogen) atoms. The third-order valence-corrected chi connectivity index (χ3v) is 2.50. The van der Waals surface area contributed by atoms with E-state index in [-0.39, 0.29) is 11.7 Å². The van der Waals surface area contributed by atoms with Crippen LogP contribution in [-0.2, 0) is 17.6 Å². The van der Waals surface area contributed by atoms with Crippen molar-refractivity contribution in [2.45, 2.75) is 19.8 Å². The molecule has 0 radical (unpaired) electrons. The van der Waals surface area contributed by atoms with Gasteiger partial charge in [-0.3, -0.25) is 4.79 Å². The first-order chi connectivity index (χ1) is 6.69. The third kappa shape index (κ3) is 2.48. The molecule has 0 unspecified atom stereocenters. The summed E-state index contributed by atoms with van der Waals surface area (Å²) in [5.74, 6) is 0.102. The average Bonchev–Trinajstić information content (AvgIpc) is 2.18. The van der Waals surface area contributed by atoms with E-state index in [9.17, 15) is 4.79 Å². The van der Waals surface area contributed by atoms with Crippen LogP contribution in [0, 0.1) is 0 Å². The summed E-state index contributed by atoms with van der Waals surface area (Å²) < 4.78 is 0. The van der Waals surface area contributed by atoms with Gasteiger partial charge < -0.3 is 5.73 Å². The lowest BCUT2D eigenvalue weighted by atomic mass is 9.99. The molecule has 0 fully saturated rings. The number of nitrogen functional groups attached to an aromatic ring is 1. The van der Waals surface area contributed by atoms with E-state index >= 15 is 0 Å². The number of halogens is 1. The van der Waals surface area contributed by atoms with Gasteiger partial charge in [0.2, 0.25) is 0 Å². The predicted octanol–water partition coefficient (Wildman–Crippen LogP) is 2.18. The minimum absolute atomic E-state index is 0.0342. The van der Waals surface area contributed by atoms with Crippen molar-refractivity contribution in [3.8, 4) is 0 Å². The molecule has 76 valence electrons. The van der Waals surface area contributed by atoms with Crippen molar-refractivity contribution in [3.05, 3.63) is 29.3 Å². The molecule has 0 spiro atoms. The van der Waals surface area contributed by atoms with Gasteiger partial charge in [0.25, 0.3) is 0 Å². The standard InChI is InChI=1S/C11H14ClNO/c1-2-10-8(6-9(14)7-12)4-3-5-11(10)13/h3-5H,2,6-7,13H2,1H3. The van der Waals surface area contributed by atoms with Crippen LogP contribution in [0.25, 0.3) is 0 Å². The van der Waals surface area contributed by atoms with Gasteiger partial charge in [0.15, 0.2) is 5.78 Å². The maximum absolute atomic E-state index is 11.2. The lowest BCUT2D eigenvalue weighted by molar-refractivity contribution is -0.116. The number of rotatable bonds is 4. The van der Waals surface area contributed by atoms with Gasteiger partial charge in [-0.2, -0.15) is 0 Å². The monoisotopic (exact) mass is 211 g/mol. The number of carbonyl (C=O) groups excluding carboxylic acids is 1. The van der Waals surface area contributed by atoms with Gasteiger partial charge in [-0.25, -0.2) is 0 Å². The number of hydrogen-bond acceptors (Lipinski definition) is 2. The normalized spacial score (nSPS) is 10.1. The highest BCUT2D eigenvalue weighted by molar-refractivity contribution is 6.27. The SMILES string of the molecule is CCc1c(N)cccc1CC(=O)CCl. The minimum Gasteiger partial charge on any atom is -0.398 e. The summed E-state index contributed by atoms with van der Waals surface area (Å²) in [4.78, 5) is 11.2. The number of anilines is 1. The Balaban J connectivity index is 2.96. The second kappa shape index (κ2) is 5.01. The average molecular weight is 212 g/mol. The molecule has 0 atom stereocenters. The van der Waals surface area contributed by atoms with Crippen LogP contribution < -0.4 is 5.73 Å². The summed E-state index contributed by atoms with van der Waals surface area (Å²) in [6, 6.07) is 5.65. The van der Waals surface area contributed by atoms with Gasteiger partial charge in [-0.05, 0) is 23.6 Å². The summed E-state index contributed by atoms with van der Waals surface area (Å²) in [6.45, 7) is 2.03. The van der Waals surface area contributed by atoms with Crippen molar-refractivity contribution in [3.63, 3.8) is 0 Å². The van der Waals surface area contributed by atoms with Gasteiger partial charge in [-0.1, -0.05) is 19.1 Å². The number of hydrogen-bond donors (Lipinski definition) is 1. The second-order valence-electron chi connectivity index (χ2n) is 3.19. The molecule has 1 aromatic carbocycles. The van der Waals surface area contributed by atoms with Crippen molar-refractivity contribution >= 4 is 23.1 Å². The van der Waals surface area contributed by atoms with E-state index in [1.54, 1.807) is 0 Å². The summed E-state index contributed by atoms with van der Waals surface area (Å²) in [5.41, 5.74) is 8.62. The van der Waals surface area contributed by atoms with E-state index in [0.29, 0.717) is 6.42 Å². The lowest BCUT2D eigenvalue weighted by Gasteiger charge is -2.09. The van der Waals surface area contributed by atoms with Crippen LogP contribution in [-0.4, -0.2) is 11.7 Å². The van der Waals surface area contributed by atoms with Crippen LogP contribution in [0.5, 0.6) is 0 Å². The lowest BCUT2D eigenvalue weighted by Crippen LogP contribution is -2.07. The highest BCUT2D eigenvalue weighted by Gasteiger charge is 2.07. The molecule has 0 aliphatic carbocycles. The molecule has 3 heteroatoms. The van der Waals surface area contributed by atoms with E-state index in [1.165, 1.54) is 0 Å². The van der Waals surface area contributed by atoms with Crippen LogP contribution in [0.4, 0.5) is 5.69 Å². The fraction of sp³-hybridized carbons (Fsp3) is 0.364. The van der Waals surface area contributed by atoms with Crippen LogP contribution in [0.1, 0.15) is 18.1 Å². The van der Waals surface area contributed by atoms with Gasteiger partial charge in [0.05, 0.1) is 5.88 Å². The number of benzene rings is 1. The Kier molecular flexibility index (Phi) is 3.96. The summed E-state index contributed by atoms with van der Waals surface area (Å²) in [7, 11) is 0. The molecule has 1 aromatic rings. The number of ketones is 1. The zero-order valence-electron chi connectivity index (χ0n) is 8.22. The molecule has 0 aliphatic rings. The van der Waals surface area contributed by atoms with Crippen molar-refractivity contribution in [1.29, 1.82) is 0 Å². The molecule has 2 nitrogen and oxygen atoms in total. The molecule has 0 bridgehead atoms. The topological polar surface area (TPSA) is 43.1 Å². The number of carbonyl (C=O) groups is 1. The third-order valence-electron chi connectivity index (χ3n) is 2.20. The number of nitrogens with two attached hydrogens (primary N) is 1. The van der Waals surface area contributed by atoms with E-state index in [0.717, 1.165) is 23.2 Å². The Bertz CT molecular complexity index is 336. The van der Waals surface area contributed by atoms with Gasteiger partial charge in [-0.15, -0.1) is 11.6 Å². The highest BCUT2D eigenvalue weighted by Crippen LogP contribution is 2.18. The molecular weight excluding hydrogens is 198 g/mol. The fourth-order valence-electron chi connectivity index (χ4n) is 1.51. The molecule has 0 amide bonds. The van der Waals surface area contributed by atoms with Crippen LogP contribution in [0.2, 0.25) is 0 Å². The fourth-order valence-corrected chi connectivity index (χ4v) is 1.61. The Morgan fingerprint density at radius 2 is 2.21 bits per heavy atom. The molecule has 0 heterocycles. The largest absolute Gasteiger partial charge is 0.398 e. The molecule has 0 aromatic heterocycles. The highest BCUT2D eigenvalue weighted by atomic mass is 35.5. The maximum atomic E-state index is 11.2. The molecular formula is C11H14ClNO. The zero-order valence-corrected chi connectivity index (χ0v) is 8.97. The van der Waals surface area contributed by atoms with Crippen LogP contribution in [0.15, 0.2) is 18.2 Å². The Hall–Kier alpha value is -1.02. The van der Waals surface area contributed by atoms with Gasteiger partial charge >= 0.3 is 0 Å². The minimum atomic E-state index is 0.0342. The molecule has 0 saturated carbocycles. The number of alkyl halides is 1. The molecule has 2 N–H and O–H groups in total. The van der Waals surface area contributed by atoms with Crippen molar-refractivity contribution < 1.29 is 4.79 Å². The quantitative estimate of drug-likeness (QED) is 0.613. The van der Waals surface area contributed by atoms with Gasteiger partial charge in [0.1, 0.15) is 0 Å². The van der Waals surface area contributed by atoms with E-state index in [2.05, 4.69) is 0 Å². The van der Waals surface area contributed by atoms with Crippen molar-refractivity contribution in [2.75, 3.05) is 11.6 Å². The van der Waals surface area contributed by atoms with E-state index in [1.807, 2.05) is 25.1 Å². The second-order valence-corrected chi connectivity index (χ2v) is 3.45. The van der Waals surface area contributed by atoms with E-state index in [4.69, 9.17) is 17.3 Å². The molecule has 0 saturated heterocycles. The zero-order chi connectivity index (χ0) is 10.6. The van der Waals surface area contributed by atoms with Crippen molar-refractivity contribution in [2.24, 2.45) is 0 Å². The molecule has 1 rings (SSSR count). The summed E-state index contributed by atoms with van der Waals surface area (Å²) >= 11 is 5.46. The van der Waals surface area contributed by atoms with Crippen LogP contribution in [0.3, 0.4) is 0 Å². The van der Waals surface area contributed by atoms with Gasteiger partial charge in [0, 0.05) is 12.1 Å². The Labute approximate surface area is 89.1 Å². The summed E-state index contributed by atoms with van der Waals surface area (Å²) in [6.07, 6.45) is 1.23. The Morgan fingerprint density at radius 1 is 1.50 bits per heavy atom. The number of Topliss-reactive ketones (excluding diaryl/α,β-unsaturated/α-hetero) is 1. The smallest absolute Gasteiger partial charge is 0.151 e. The van der Waals surface area contributed by atoms with Crippen LogP contribution >= 0.6 is 11.6 Å². The predicted molar refractivity (Wildman–Crippen MR) is 59.7 cm³/mol. The van der Waals surface area contributed by atoms with E-state index < -0.39 is 0 Å². The summed E-state index contributed by atoms with van der Waals surface area (Å²) in [5, 5.41) is 0. The first-order valence-electron chi connectivity index (χ1n) is 4.63.